The molecule has 1 aliphatic heterocycles. The molecule has 128 valence electrons. The van der Waals surface area contributed by atoms with Gasteiger partial charge in [0.05, 0.1) is 5.69 Å². The fourth-order valence-corrected chi connectivity index (χ4v) is 3.27. The fourth-order valence-electron chi connectivity index (χ4n) is 3.27. The van der Waals surface area contributed by atoms with Gasteiger partial charge in [-0.05, 0) is 48.9 Å². The van der Waals surface area contributed by atoms with Crippen LogP contribution in [0.2, 0.25) is 0 Å². The minimum atomic E-state index is 0.757. The van der Waals surface area contributed by atoms with E-state index >= 15 is 0 Å². The van der Waals surface area contributed by atoms with Crippen LogP contribution in [-0.2, 0) is 6.42 Å². The third-order valence-electron chi connectivity index (χ3n) is 4.57. The van der Waals surface area contributed by atoms with E-state index in [0.717, 1.165) is 43.6 Å². The molecule has 1 atom stereocenters. The number of piperidine rings is 1. The molecule has 0 aliphatic carbocycles. The number of likely N-dealkylation sites (tertiary alicyclic amines) is 1. The SMILES string of the molecule is CN=C(NCCc1ccc(-n2cccn2)cc1)N1CCCC(C)C1. The van der Waals surface area contributed by atoms with E-state index in [2.05, 4.69) is 51.5 Å². The van der Waals surface area contributed by atoms with E-state index in [1.165, 1.54) is 18.4 Å². The molecule has 0 amide bonds. The van der Waals surface area contributed by atoms with Gasteiger partial charge >= 0.3 is 0 Å². The van der Waals surface area contributed by atoms with Crippen LogP contribution in [0.25, 0.3) is 5.69 Å². The van der Waals surface area contributed by atoms with Gasteiger partial charge in [-0.1, -0.05) is 19.1 Å². The van der Waals surface area contributed by atoms with Gasteiger partial charge in [0, 0.05) is 39.1 Å². The summed E-state index contributed by atoms with van der Waals surface area (Å²) in [6.07, 6.45) is 7.33. The highest BCUT2D eigenvalue weighted by molar-refractivity contribution is 5.80. The lowest BCUT2D eigenvalue weighted by Gasteiger charge is -2.33. The van der Waals surface area contributed by atoms with Gasteiger partial charge in [0.25, 0.3) is 0 Å². The van der Waals surface area contributed by atoms with Crippen molar-refractivity contribution in [2.24, 2.45) is 10.9 Å². The molecule has 24 heavy (non-hydrogen) atoms. The van der Waals surface area contributed by atoms with Gasteiger partial charge in [-0.25, -0.2) is 4.68 Å². The molecule has 0 bridgehead atoms. The van der Waals surface area contributed by atoms with E-state index in [1.807, 2.05) is 24.0 Å². The summed E-state index contributed by atoms with van der Waals surface area (Å²) >= 11 is 0. The normalized spacial score (nSPS) is 18.7. The van der Waals surface area contributed by atoms with Crippen molar-refractivity contribution in [3.63, 3.8) is 0 Å². The molecular weight excluding hydrogens is 298 g/mol. The van der Waals surface area contributed by atoms with Gasteiger partial charge in [0.2, 0.25) is 0 Å². The Morgan fingerprint density at radius 1 is 1.33 bits per heavy atom. The molecule has 1 aromatic carbocycles. The molecule has 1 unspecified atom stereocenters. The molecular formula is C19H27N5. The zero-order valence-electron chi connectivity index (χ0n) is 14.7. The molecule has 1 saturated heterocycles. The third-order valence-corrected chi connectivity index (χ3v) is 4.57. The summed E-state index contributed by atoms with van der Waals surface area (Å²) in [5, 5.41) is 7.76. The lowest BCUT2D eigenvalue weighted by Crippen LogP contribution is -2.46. The van der Waals surface area contributed by atoms with Crippen molar-refractivity contribution in [1.82, 2.24) is 20.0 Å². The number of hydrogen-bond donors (Lipinski definition) is 1. The Labute approximate surface area is 144 Å². The first kappa shape index (κ1) is 16.6. The highest BCUT2D eigenvalue weighted by atomic mass is 15.3. The van der Waals surface area contributed by atoms with Crippen molar-refractivity contribution in [2.75, 3.05) is 26.7 Å². The first-order chi connectivity index (χ1) is 11.8. The van der Waals surface area contributed by atoms with Crippen molar-refractivity contribution < 1.29 is 0 Å². The molecule has 0 spiro atoms. The van der Waals surface area contributed by atoms with Gasteiger partial charge < -0.3 is 10.2 Å². The summed E-state index contributed by atoms with van der Waals surface area (Å²) in [7, 11) is 1.88. The maximum absolute atomic E-state index is 4.45. The number of rotatable bonds is 4. The zero-order chi connectivity index (χ0) is 16.8. The molecule has 1 aliphatic rings. The zero-order valence-corrected chi connectivity index (χ0v) is 14.7. The van der Waals surface area contributed by atoms with E-state index in [-0.39, 0.29) is 0 Å². The fraction of sp³-hybridized carbons (Fsp3) is 0.474. The van der Waals surface area contributed by atoms with Crippen LogP contribution in [0.1, 0.15) is 25.3 Å². The molecule has 0 saturated carbocycles. The predicted octanol–water partition coefficient (Wildman–Crippen LogP) is 2.72. The number of hydrogen-bond acceptors (Lipinski definition) is 2. The van der Waals surface area contributed by atoms with Crippen LogP contribution < -0.4 is 5.32 Å². The van der Waals surface area contributed by atoms with E-state index < -0.39 is 0 Å². The topological polar surface area (TPSA) is 45.5 Å². The molecule has 1 fully saturated rings. The van der Waals surface area contributed by atoms with Crippen molar-refractivity contribution >= 4 is 5.96 Å². The minimum Gasteiger partial charge on any atom is -0.356 e. The van der Waals surface area contributed by atoms with E-state index in [9.17, 15) is 0 Å². The van der Waals surface area contributed by atoms with Crippen LogP contribution in [0.15, 0.2) is 47.7 Å². The van der Waals surface area contributed by atoms with Crippen molar-refractivity contribution in [3.8, 4) is 5.69 Å². The Balaban J connectivity index is 1.50. The average Bonchev–Trinajstić information content (AvgIpc) is 3.14. The van der Waals surface area contributed by atoms with Crippen LogP contribution in [0.4, 0.5) is 0 Å². The van der Waals surface area contributed by atoms with Crippen LogP contribution in [0.5, 0.6) is 0 Å². The van der Waals surface area contributed by atoms with Gasteiger partial charge in [-0.15, -0.1) is 0 Å². The summed E-state index contributed by atoms with van der Waals surface area (Å²) in [5.74, 6) is 1.79. The number of aliphatic imine (C=N–C) groups is 1. The van der Waals surface area contributed by atoms with Gasteiger partial charge in [-0.3, -0.25) is 4.99 Å². The summed E-state index contributed by atoms with van der Waals surface area (Å²) in [5.41, 5.74) is 2.41. The smallest absolute Gasteiger partial charge is 0.193 e. The molecule has 2 heterocycles. The largest absolute Gasteiger partial charge is 0.356 e. The molecule has 5 nitrogen and oxygen atoms in total. The first-order valence-corrected chi connectivity index (χ1v) is 8.81. The molecule has 0 radical (unpaired) electrons. The van der Waals surface area contributed by atoms with Crippen molar-refractivity contribution in [1.29, 1.82) is 0 Å². The number of nitrogens with zero attached hydrogens (tertiary/aromatic N) is 4. The Bertz CT molecular complexity index is 645. The monoisotopic (exact) mass is 325 g/mol. The summed E-state index contributed by atoms with van der Waals surface area (Å²) in [4.78, 5) is 6.83. The van der Waals surface area contributed by atoms with E-state index in [4.69, 9.17) is 0 Å². The van der Waals surface area contributed by atoms with E-state index in [1.54, 1.807) is 6.20 Å². The number of guanidine groups is 1. The second kappa shape index (κ2) is 7.99. The van der Waals surface area contributed by atoms with Gasteiger partial charge in [0.1, 0.15) is 0 Å². The lowest BCUT2D eigenvalue weighted by atomic mass is 10.0. The van der Waals surface area contributed by atoms with Gasteiger partial charge in [-0.2, -0.15) is 5.10 Å². The predicted molar refractivity (Wildman–Crippen MR) is 98.6 cm³/mol. The summed E-state index contributed by atoms with van der Waals surface area (Å²) in [6.45, 7) is 5.44. The Kier molecular flexibility index (Phi) is 5.51. The first-order valence-electron chi connectivity index (χ1n) is 8.81. The highest BCUT2D eigenvalue weighted by Gasteiger charge is 2.18. The maximum Gasteiger partial charge on any atom is 0.193 e. The Morgan fingerprint density at radius 2 is 2.17 bits per heavy atom. The number of aromatic nitrogens is 2. The molecule has 1 N–H and O–H groups in total. The molecule has 3 rings (SSSR count). The minimum absolute atomic E-state index is 0.757. The Morgan fingerprint density at radius 3 is 2.83 bits per heavy atom. The Hall–Kier alpha value is -2.30. The highest BCUT2D eigenvalue weighted by Crippen LogP contribution is 2.15. The van der Waals surface area contributed by atoms with Crippen molar-refractivity contribution in [3.05, 3.63) is 48.3 Å². The number of benzene rings is 1. The average molecular weight is 325 g/mol. The second-order valence-electron chi connectivity index (χ2n) is 6.53. The molecule has 1 aromatic heterocycles. The maximum atomic E-state index is 4.45. The third kappa shape index (κ3) is 4.16. The van der Waals surface area contributed by atoms with Gasteiger partial charge in [0.15, 0.2) is 5.96 Å². The van der Waals surface area contributed by atoms with Crippen molar-refractivity contribution in [2.45, 2.75) is 26.2 Å². The summed E-state index contributed by atoms with van der Waals surface area (Å²) in [6, 6.07) is 10.5. The molecule has 5 heteroatoms. The van der Waals surface area contributed by atoms with Crippen LogP contribution in [-0.4, -0.2) is 47.3 Å². The van der Waals surface area contributed by atoms with Crippen LogP contribution in [0.3, 0.4) is 0 Å². The quantitative estimate of drug-likeness (QED) is 0.694. The molecule has 2 aromatic rings. The summed E-state index contributed by atoms with van der Waals surface area (Å²) < 4.78 is 1.88. The lowest BCUT2D eigenvalue weighted by molar-refractivity contribution is 0.266. The standard InChI is InChI=1S/C19H27N5/c1-16-5-3-13-23(15-16)19(20-2)21-12-10-17-6-8-18(9-7-17)24-14-4-11-22-24/h4,6-9,11,14,16H,3,5,10,12-13,15H2,1-2H3,(H,20,21). The van der Waals surface area contributed by atoms with Crippen LogP contribution in [0, 0.1) is 5.92 Å². The second-order valence-corrected chi connectivity index (χ2v) is 6.53. The number of nitrogens with one attached hydrogen (secondary N) is 1. The van der Waals surface area contributed by atoms with Crippen LogP contribution >= 0.6 is 0 Å². The van der Waals surface area contributed by atoms with E-state index in [0.29, 0.717) is 0 Å².